The SMILES string of the molecule is COc1ccccc1[C@H](CC(=O)c1ccccc1)[C@H]1CCCCC1=O. The summed E-state index contributed by atoms with van der Waals surface area (Å²) in [6.45, 7) is 0. The summed E-state index contributed by atoms with van der Waals surface area (Å²) in [5.74, 6) is 0.888. The van der Waals surface area contributed by atoms with E-state index in [-0.39, 0.29) is 23.4 Å². The number of ether oxygens (including phenoxy) is 1. The summed E-state index contributed by atoms with van der Waals surface area (Å²) >= 11 is 0. The van der Waals surface area contributed by atoms with Crippen LogP contribution in [-0.4, -0.2) is 18.7 Å². The van der Waals surface area contributed by atoms with Crippen LogP contribution in [0.2, 0.25) is 0 Å². The zero-order valence-corrected chi connectivity index (χ0v) is 14.6. The molecule has 25 heavy (non-hydrogen) atoms. The third-order valence-corrected chi connectivity index (χ3v) is 5.13. The van der Waals surface area contributed by atoms with Crippen molar-refractivity contribution in [1.82, 2.24) is 0 Å². The molecule has 1 fully saturated rings. The summed E-state index contributed by atoms with van der Waals surface area (Å²) in [7, 11) is 1.64. The van der Waals surface area contributed by atoms with Crippen LogP contribution < -0.4 is 4.74 Å². The summed E-state index contributed by atoms with van der Waals surface area (Å²) in [6.07, 6.45) is 3.81. The standard InChI is InChI=1S/C22H24O3/c1-25-22-14-8-6-12-18(22)19(17-11-5-7-13-20(17)23)15-21(24)16-9-3-2-4-10-16/h2-4,6,8-10,12,14,17,19H,5,7,11,13,15H2,1H3/t17-,19-/m1/s1. The molecule has 2 aromatic carbocycles. The second-order valence-corrected chi connectivity index (χ2v) is 6.66. The number of para-hydroxylation sites is 1. The lowest BCUT2D eigenvalue weighted by Crippen LogP contribution is -2.27. The number of hydrogen-bond acceptors (Lipinski definition) is 3. The molecule has 0 amide bonds. The van der Waals surface area contributed by atoms with E-state index in [0.717, 1.165) is 30.6 Å². The largest absolute Gasteiger partial charge is 0.496 e. The summed E-state index contributed by atoms with van der Waals surface area (Å²) < 4.78 is 5.52. The van der Waals surface area contributed by atoms with Crippen LogP contribution in [0.5, 0.6) is 5.75 Å². The summed E-state index contributed by atoms with van der Waals surface area (Å²) in [5.41, 5.74) is 1.67. The molecule has 0 aliphatic heterocycles. The Kier molecular flexibility index (Phi) is 5.64. The molecular formula is C22H24O3. The number of Topliss-reactive ketones (excluding diaryl/α,β-unsaturated/α-hetero) is 2. The van der Waals surface area contributed by atoms with Gasteiger partial charge in [-0.25, -0.2) is 0 Å². The Morgan fingerprint density at radius 1 is 1.08 bits per heavy atom. The quantitative estimate of drug-likeness (QED) is 0.711. The summed E-state index contributed by atoms with van der Waals surface area (Å²) in [6, 6.07) is 17.1. The highest BCUT2D eigenvalue weighted by atomic mass is 16.5. The minimum atomic E-state index is -0.128. The van der Waals surface area contributed by atoms with Crippen molar-refractivity contribution in [2.24, 2.45) is 5.92 Å². The second kappa shape index (κ2) is 8.11. The molecule has 0 heterocycles. The van der Waals surface area contributed by atoms with Crippen LogP contribution in [0.1, 0.15) is 53.9 Å². The topological polar surface area (TPSA) is 43.4 Å². The zero-order valence-electron chi connectivity index (χ0n) is 14.6. The molecule has 1 saturated carbocycles. The van der Waals surface area contributed by atoms with E-state index < -0.39 is 0 Å². The average Bonchev–Trinajstić information content (AvgIpc) is 2.67. The summed E-state index contributed by atoms with van der Waals surface area (Å²) in [4.78, 5) is 25.4. The van der Waals surface area contributed by atoms with E-state index in [0.29, 0.717) is 18.4 Å². The van der Waals surface area contributed by atoms with Crippen LogP contribution in [0.15, 0.2) is 54.6 Å². The van der Waals surface area contributed by atoms with Crippen molar-refractivity contribution in [2.75, 3.05) is 7.11 Å². The number of rotatable bonds is 6. The van der Waals surface area contributed by atoms with E-state index in [2.05, 4.69) is 0 Å². The molecule has 3 heteroatoms. The fourth-order valence-electron chi connectivity index (χ4n) is 3.82. The van der Waals surface area contributed by atoms with Gasteiger partial charge in [0.25, 0.3) is 0 Å². The van der Waals surface area contributed by atoms with Crippen molar-refractivity contribution in [1.29, 1.82) is 0 Å². The molecule has 0 N–H and O–H groups in total. The van der Waals surface area contributed by atoms with Gasteiger partial charge in [-0.3, -0.25) is 9.59 Å². The van der Waals surface area contributed by atoms with Crippen molar-refractivity contribution >= 4 is 11.6 Å². The van der Waals surface area contributed by atoms with Gasteiger partial charge in [0.2, 0.25) is 0 Å². The minimum absolute atomic E-state index is 0.0786. The lowest BCUT2D eigenvalue weighted by molar-refractivity contribution is -0.125. The highest BCUT2D eigenvalue weighted by molar-refractivity contribution is 5.97. The van der Waals surface area contributed by atoms with E-state index in [4.69, 9.17) is 4.74 Å². The van der Waals surface area contributed by atoms with E-state index in [9.17, 15) is 9.59 Å². The fraction of sp³-hybridized carbons (Fsp3) is 0.364. The third kappa shape index (κ3) is 3.98. The fourth-order valence-corrected chi connectivity index (χ4v) is 3.82. The van der Waals surface area contributed by atoms with Crippen LogP contribution in [0.4, 0.5) is 0 Å². The highest BCUT2D eigenvalue weighted by Crippen LogP contribution is 2.40. The van der Waals surface area contributed by atoms with Crippen molar-refractivity contribution < 1.29 is 14.3 Å². The predicted octanol–water partition coefficient (Wildman–Crippen LogP) is 4.81. The van der Waals surface area contributed by atoms with Gasteiger partial charge in [-0.15, -0.1) is 0 Å². The van der Waals surface area contributed by atoms with E-state index in [1.54, 1.807) is 7.11 Å². The number of hydrogen-bond donors (Lipinski definition) is 0. The minimum Gasteiger partial charge on any atom is -0.496 e. The lowest BCUT2D eigenvalue weighted by atomic mass is 9.73. The molecule has 2 aromatic rings. The van der Waals surface area contributed by atoms with E-state index in [1.165, 1.54) is 0 Å². The van der Waals surface area contributed by atoms with Gasteiger partial charge < -0.3 is 4.74 Å². The van der Waals surface area contributed by atoms with E-state index in [1.807, 2.05) is 54.6 Å². The molecule has 0 spiro atoms. The molecule has 0 aromatic heterocycles. The Labute approximate surface area is 149 Å². The maximum Gasteiger partial charge on any atom is 0.163 e. The molecule has 1 aliphatic rings. The highest BCUT2D eigenvalue weighted by Gasteiger charge is 2.34. The predicted molar refractivity (Wildman–Crippen MR) is 98.1 cm³/mol. The van der Waals surface area contributed by atoms with Gasteiger partial charge >= 0.3 is 0 Å². The van der Waals surface area contributed by atoms with Crippen molar-refractivity contribution in [2.45, 2.75) is 38.0 Å². The van der Waals surface area contributed by atoms with Gasteiger partial charge in [-0.05, 0) is 24.5 Å². The molecule has 3 rings (SSSR count). The molecule has 1 aliphatic carbocycles. The smallest absolute Gasteiger partial charge is 0.163 e. The van der Waals surface area contributed by atoms with Gasteiger partial charge in [0.15, 0.2) is 5.78 Å². The van der Waals surface area contributed by atoms with Crippen LogP contribution >= 0.6 is 0 Å². The molecular weight excluding hydrogens is 312 g/mol. The molecule has 2 atom stereocenters. The van der Waals surface area contributed by atoms with Gasteiger partial charge in [-0.1, -0.05) is 55.0 Å². The van der Waals surface area contributed by atoms with Gasteiger partial charge in [0.1, 0.15) is 11.5 Å². The summed E-state index contributed by atoms with van der Waals surface area (Å²) in [5, 5.41) is 0. The van der Waals surface area contributed by atoms with Crippen molar-refractivity contribution in [3.63, 3.8) is 0 Å². The van der Waals surface area contributed by atoms with Gasteiger partial charge in [0, 0.05) is 30.2 Å². The van der Waals surface area contributed by atoms with Crippen molar-refractivity contribution in [3.8, 4) is 5.75 Å². The number of ketones is 2. The first kappa shape index (κ1) is 17.4. The third-order valence-electron chi connectivity index (χ3n) is 5.13. The van der Waals surface area contributed by atoms with Crippen LogP contribution in [-0.2, 0) is 4.79 Å². The Balaban J connectivity index is 1.94. The number of carbonyl (C=O) groups excluding carboxylic acids is 2. The molecule has 0 radical (unpaired) electrons. The number of benzene rings is 2. The molecule has 0 saturated heterocycles. The first-order valence-corrected chi connectivity index (χ1v) is 8.94. The first-order valence-electron chi connectivity index (χ1n) is 8.94. The Hall–Kier alpha value is -2.42. The van der Waals surface area contributed by atoms with Crippen LogP contribution in [0, 0.1) is 5.92 Å². The number of carbonyl (C=O) groups is 2. The maximum atomic E-state index is 12.8. The Bertz CT molecular complexity index is 736. The number of methoxy groups -OCH3 is 1. The average molecular weight is 336 g/mol. The zero-order chi connectivity index (χ0) is 17.6. The Morgan fingerprint density at radius 2 is 1.80 bits per heavy atom. The van der Waals surface area contributed by atoms with Gasteiger partial charge in [0.05, 0.1) is 7.11 Å². The van der Waals surface area contributed by atoms with Crippen LogP contribution in [0.25, 0.3) is 0 Å². The second-order valence-electron chi connectivity index (χ2n) is 6.66. The van der Waals surface area contributed by atoms with E-state index >= 15 is 0 Å². The molecule has 0 unspecified atom stereocenters. The molecule has 3 nitrogen and oxygen atoms in total. The monoisotopic (exact) mass is 336 g/mol. The lowest BCUT2D eigenvalue weighted by Gasteiger charge is -2.30. The Morgan fingerprint density at radius 3 is 2.52 bits per heavy atom. The van der Waals surface area contributed by atoms with Gasteiger partial charge in [-0.2, -0.15) is 0 Å². The molecule has 0 bridgehead atoms. The first-order chi connectivity index (χ1) is 12.2. The molecule has 130 valence electrons. The normalized spacial score (nSPS) is 18.6. The van der Waals surface area contributed by atoms with Crippen molar-refractivity contribution in [3.05, 3.63) is 65.7 Å². The van der Waals surface area contributed by atoms with Crippen LogP contribution in [0.3, 0.4) is 0 Å². The maximum absolute atomic E-state index is 12.8.